The minimum Gasteiger partial charge on any atom is -0.0654 e. The molecule has 0 aromatic carbocycles. The van der Waals surface area contributed by atoms with Crippen molar-refractivity contribution in [2.75, 3.05) is 0 Å². The first-order valence-corrected chi connectivity index (χ1v) is 8.76. The summed E-state index contributed by atoms with van der Waals surface area (Å²) < 4.78 is 0. The van der Waals surface area contributed by atoms with E-state index in [1.807, 2.05) is 0 Å². The molecule has 0 N–H and O–H groups in total. The molecule has 0 nitrogen and oxygen atoms in total. The highest BCUT2D eigenvalue weighted by Crippen LogP contribution is 2.27. The van der Waals surface area contributed by atoms with Crippen molar-refractivity contribution in [2.24, 2.45) is 11.8 Å². The quantitative estimate of drug-likeness (QED) is 0.311. The zero-order valence-electron chi connectivity index (χ0n) is 13.6. The average molecular weight is 255 g/mol. The molecule has 0 radical (unpaired) electrons. The minimum atomic E-state index is 0.961. The normalized spacial score (nSPS) is 14.7. The average Bonchev–Trinajstić information content (AvgIpc) is 2.38. The zero-order chi connectivity index (χ0) is 13.6. The summed E-state index contributed by atoms with van der Waals surface area (Å²) in [6, 6.07) is 0. The molecule has 0 saturated heterocycles. The lowest BCUT2D eigenvalue weighted by atomic mass is 9.83. The fourth-order valence-corrected chi connectivity index (χ4v) is 3.03. The van der Waals surface area contributed by atoms with Crippen molar-refractivity contribution < 1.29 is 0 Å². The van der Waals surface area contributed by atoms with Gasteiger partial charge in [0.25, 0.3) is 0 Å². The van der Waals surface area contributed by atoms with Crippen molar-refractivity contribution in [3.8, 4) is 0 Å². The molecular weight excluding hydrogens is 216 g/mol. The van der Waals surface area contributed by atoms with E-state index >= 15 is 0 Å². The van der Waals surface area contributed by atoms with Gasteiger partial charge in [0, 0.05) is 0 Å². The molecule has 0 fully saturated rings. The van der Waals surface area contributed by atoms with Gasteiger partial charge < -0.3 is 0 Å². The Balaban J connectivity index is 3.63. The molecule has 18 heavy (non-hydrogen) atoms. The summed E-state index contributed by atoms with van der Waals surface area (Å²) in [5.41, 5.74) is 0. The highest BCUT2D eigenvalue weighted by atomic mass is 14.2. The molecule has 0 spiro atoms. The fourth-order valence-electron chi connectivity index (χ4n) is 3.03. The second-order valence-electron chi connectivity index (χ2n) is 6.22. The largest absolute Gasteiger partial charge is 0.0654 e. The Morgan fingerprint density at radius 2 is 1.17 bits per heavy atom. The Morgan fingerprint density at radius 1 is 0.556 bits per heavy atom. The van der Waals surface area contributed by atoms with Crippen LogP contribution in [0.15, 0.2) is 0 Å². The lowest BCUT2D eigenvalue weighted by Gasteiger charge is -2.23. The Kier molecular flexibility index (Phi) is 13.4. The van der Waals surface area contributed by atoms with Crippen LogP contribution in [-0.2, 0) is 0 Å². The molecule has 0 amide bonds. The van der Waals surface area contributed by atoms with Crippen LogP contribution < -0.4 is 0 Å². The van der Waals surface area contributed by atoms with Gasteiger partial charge in [0.05, 0.1) is 0 Å². The summed E-state index contributed by atoms with van der Waals surface area (Å²) in [5.74, 6) is 1.97. The Hall–Kier alpha value is 0. The van der Waals surface area contributed by atoms with E-state index in [2.05, 4.69) is 27.7 Å². The molecule has 0 aliphatic heterocycles. The molecule has 0 saturated carbocycles. The van der Waals surface area contributed by atoms with Crippen LogP contribution in [0.4, 0.5) is 0 Å². The van der Waals surface area contributed by atoms with Crippen LogP contribution in [0.1, 0.15) is 105 Å². The van der Waals surface area contributed by atoms with Gasteiger partial charge in [0.15, 0.2) is 0 Å². The lowest BCUT2D eigenvalue weighted by molar-refractivity contribution is 0.282. The number of hydrogen-bond acceptors (Lipinski definition) is 0. The summed E-state index contributed by atoms with van der Waals surface area (Å²) in [6.07, 6.45) is 17.2. The van der Waals surface area contributed by atoms with Crippen molar-refractivity contribution in [3.05, 3.63) is 0 Å². The highest BCUT2D eigenvalue weighted by Gasteiger charge is 2.15. The van der Waals surface area contributed by atoms with Crippen molar-refractivity contribution in [1.29, 1.82) is 0 Å². The van der Waals surface area contributed by atoms with Crippen molar-refractivity contribution >= 4 is 0 Å². The van der Waals surface area contributed by atoms with Crippen LogP contribution in [0.2, 0.25) is 0 Å². The smallest absolute Gasteiger partial charge is 0.0389 e. The second-order valence-corrected chi connectivity index (χ2v) is 6.22. The molecule has 2 unspecified atom stereocenters. The summed E-state index contributed by atoms with van der Waals surface area (Å²) in [7, 11) is 0. The van der Waals surface area contributed by atoms with Gasteiger partial charge >= 0.3 is 0 Å². The summed E-state index contributed by atoms with van der Waals surface area (Å²) in [4.78, 5) is 0. The first-order valence-electron chi connectivity index (χ1n) is 8.76. The molecule has 0 rings (SSSR count). The minimum absolute atomic E-state index is 0.961. The van der Waals surface area contributed by atoms with Gasteiger partial charge in [0.1, 0.15) is 0 Å². The predicted molar refractivity (Wildman–Crippen MR) is 85.1 cm³/mol. The monoisotopic (exact) mass is 254 g/mol. The van der Waals surface area contributed by atoms with Gasteiger partial charge in [-0.1, -0.05) is 105 Å². The van der Waals surface area contributed by atoms with E-state index in [1.54, 1.807) is 0 Å². The van der Waals surface area contributed by atoms with Gasteiger partial charge in [-0.05, 0) is 11.8 Å². The van der Waals surface area contributed by atoms with E-state index < -0.39 is 0 Å². The van der Waals surface area contributed by atoms with E-state index in [0.717, 1.165) is 11.8 Å². The molecule has 110 valence electrons. The molecule has 0 aromatic heterocycles. The maximum atomic E-state index is 2.50. The molecule has 0 heteroatoms. The van der Waals surface area contributed by atoms with E-state index in [0.29, 0.717) is 0 Å². The molecular formula is C18H38. The molecule has 0 heterocycles. The van der Waals surface area contributed by atoms with Crippen LogP contribution in [-0.4, -0.2) is 0 Å². The number of unbranched alkanes of at least 4 members (excludes halogenated alkanes) is 6. The standard InChI is InChI=1S/C18H38/c1-5-8-10-11-12-13-15-17(4)18(14-7-3)16-9-6-2/h17-18H,5-16H2,1-4H3. The molecule has 0 bridgehead atoms. The van der Waals surface area contributed by atoms with E-state index in [-0.39, 0.29) is 0 Å². The van der Waals surface area contributed by atoms with Crippen molar-refractivity contribution in [2.45, 2.75) is 105 Å². The topological polar surface area (TPSA) is 0 Å². The number of hydrogen-bond donors (Lipinski definition) is 0. The van der Waals surface area contributed by atoms with Crippen molar-refractivity contribution in [3.63, 3.8) is 0 Å². The van der Waals surface area contributed by atoms with Gasteiger partial charge in [-0.3, -0.25) is 0 Å². The summed E-state index contributed by atoms with van der Waals surface area (Å²) in [5, 5.41) is 0. The summed E-state index contributed by atoms with van der Waals surface area (Å²) in [6.45, 7) is 9.46. The van der Waals surface area contributed by atoms with Crippen LogP contribution in [0.25, 0.3) is 0 Å². The van der Waals surface area contributed by atoms with Gasteiger partial charge in [-0.15, -0.1) is 0 Å². The Morgan fingerprint density at radius 3 is 1.78 bits per heavy atom. The van der Waals surface area contributed by atoms with E-state index in [9.17, 15) is 0 Å². The molecule has 2 atom stereocenters. The maximum absolute atomic E-state index is 2.50. The maximum Gasteiger partial charge on any atom is -0.0389 e. The van der Waals surface area contributed by atoms with Crippen molar-refractivity contribution in [1.82, 2.24) is 0 Å². The molecule has 0 aliphatic carbocycles. The number of rotatable bonds is 13. The first-order chi connectivity index (χ1) is 8.76. The zero-order valence-corrected chi connectivity index (χ0v) is 13.6. The predicted octanol–water partition coefficient (Wildman–Crippen LogP) is 6.98. The Labute approximate surface area is 117 Å². The third-order valence-electron chi connectivity index (χ3n) is 4.41. The SMILES string of the molecule is CCCCCCCCC(C)C(CCC)CCCC. The van der Waals surface area contributed by atoms with Crippen LogP contribution >= 0.6 is 0 Å². The van der Waals surface area contributed by atoms with Crippen LogP contribution in [0.3, 0.4) is 0 Å². The van der Waals surface area contributed by atoms with E-state index in [4.69, 9.17) is 0 Å². The van der Waals surface area contributed by atoms with Gasteiger partial charge in [-0.2, -0.15) is 0 Å². The van der Waals surface area contributed by atoms with Crippen LogP contribution in [0, 0.1) is 11.8 Å². The first kappa shape index (κ1) is 18.0. The van der Waals surface area contributed by atoms with Gasteiger partial charge in [0.2, 0.25) is 0 Å². The highest BCUT2D eigenvalue weighted by molar-refractivity contribution is 4.67. The molecule has 0 aromatic rings. The third-order valence-corrected chi connectivity index (χ3v) is 4.41. The van der Waals surface area contributed by atoms with E-state index in [1.165, 1.54) is 77.0 Å². The van der Waals surface area contributed by atoms with Crippen LogP contribution in [0.5, 0.6) is 0 Å². The molecule has 0 aliphatic rings. The second kappa shape index (κ2) is 13.4. The summed E-state index contributed by atoms with van der Waals surface area (Å²) >= 11 is 0. The van der Waals surface area contributed by atoms with Gasteiger partial charge in [-0.25, -0.2) is 0 Å². The lowest BCUT2D eigenvalue weighted by Crippen LogP contribution is -2.11. The third kappa shape index (κ3) is 9.97. The fraction of sp³-hybridized carbons (Fsp3) is 1.00. The Bertz CT molecular complexity index is 150.